The molecule has 0 saturated carbocycles. The lowest BCUT2D eigenvalue weighted by Crippen LogP contribution is -2.14. The van der Waals surface area contributed by atoms with Gasteiger partial charge in [0, 0.05) is 12.7 Å². The van der Waals surface area contributed by atoms with Crippen LogP contribution in [0.25, 0.3) is 0 Å². The Bertz CT molecular complexity index is 655. The maximum absolute atomic E-state index is 8.92. The first-order valence-corrected chi connectivity index (χ1v) is 6.30. The van der Waals surface area contributed by atoms with Crippen LogP contribution in [0, 0.1) is 11.3 Å². The van der Waals surface area contributed by atoms with Crippen LogP contribution in [0.5, 0.6) is 6.01 Å². The van der Waals surface area contributed by atoms with Crippen LogP contribution in [0.3, 0.4) is 0 Å². The normalized spacial score (nSPS) is 9.90. The predicted molar refractivity (Wildman–Crippen MR) is 75.2 cm³/mol. The van der Waals surface area contributed by atoms with Crippen LogP contribution in [0.4, 0.5) is 11.6 Å². The van der Waals surface area contributed by atoms with Crippen molar-refractivity contribution < 1.29 is 4.74 Å². The van der Waals surface area contributed by atoms with Gasteiger partial charge in [0.05, 0.1) is 18.2 Å². The van der Waals surface area contributed by atoms with Gasteiger partial charge in [0.2, 0.25) is 11.2 Å². The minimum Gasteiger partial charge on any atom is -0.464 e. The van der Waals surface area contributed by atoms with Crippen LogP contribution in [0.2, 0.25) is 5.28 Å². The fourth-order valence-corrected chi connectivity index (χ4v) is 1.71. The molecule has 2 rings (SSSR count). The Morgan fingerprint density at radius 2 is 2.15 bits per heavy atom. The number of hydrogen-bond donors (Lipinski definition) is 0. The third kappa shape index (κ3) is 3.13. The van der Waals surface area contributed by atoms with Gasteiger partial charge in [-0.3, -0.25) is 0 Å². The number of rotatable bonds is 4. The van der Waals surface area contributed by atoms with Crippen LogP contribution < -0.4 is 9.64 Å². The van der Waals surface area contributed by atoms with E-state index in [-0.39, 0.29) is 11.3 Å². The van der Waals surface area contributed by atoms with E-state index in [4.69, 9.17) is 21.6 Å². The zero-order valence-corrected chi connectivity index (χ0v) is 11.8. The molecule has 0 radical (unpaired) electrons. The van der Waals surface area contributed by atoms with Crippen molar-refractivity contribution >= 4 is 23.2 Å². The maximum atomic E-state index is 8.92. The van der Waals surface area contributed by atoms with Crippen molar-refractivity contribution in [1.82, 2.24) is 15.0 Å². The second-order valence-electron chi connectivity index (χ2n) is 3.84. The van der Waals surface area contributed by atoms with E-state index in [0.717, 1.165) is 5.69 Å². The lowest BCUT2D eigenvalue weighted by Gasteiger charge is -2.17. The summed E-state index contributed by atoms with van der Waals surface area (Å²) in [7, 11) is 1.78. The third-order valence-corrected chi connectivity index (χ3v) is 2.68. The van der Waals surface area contributed by atoms with Gasteiger partial charge >= 0.3 is 6.01 Å². The standard InChI is InChI=1S/C13H12ClN5O/c1-3-20-13-17-11(14)16-12(18-13)19(2)10-6-4-5-9(7-10)8-15/h4-7H,3H2,1-2H3. The maximum Gasteiger partial charge on any atom is 0.322 e. The molecule has 0 spiro atoms. The summed E-state index contributed by atoms with van der Waals surface area (Å²) in [4.78, 5) is 13.8. The molecule has 0 aliphatic rings. The zero-order valence-electron chi connectivity index (χ0n) is 11.0. The minimum absolute atomic E-state index is 0.0572. The second-order valence-corrected chi connectivity index (χ2v) is 4.18. The molecule has 0 saturated heterocycles. The molecule has 7 heteroatoms. The van der Waals surface area contributed by atoms with Crippen molar-refractivity contribution in [2.75, 3.05) is 18.6 Å². The number of nitriles is 1. The molecule has 0 N–H and O–H groups in total. The number of hydrogen-bond acceptors (Lipinski definition) is 6. The van der Waals surface area contributed by atoms with Crippen LogP contribution in [-0.2, 0) is 0 Å². The monoisotopic (exact) mass is 289 g/mol. The Labute approximate surface area is 121 Å². The van der Waals surface area contributed by atoms with E-state index in [1.54, 1.807) is 30.1 Å². The van der Waals surface area contributed by atoms with E-state index in [2.05, 4.69) is 21.0 Å². The van der Waals surface area contributed by atoms with Crippen LogP contribution in [0.15, 0.2) is 24.3 Å². The summed E-state index contributed by atoms with van der Waals surface area (Å²) < 4.78 is 5.23. The number of halogens is 1. The van der Waals surface area contributed by atoms with Crippen molar-refractivity contribution in [2.24, 2.45) is 0 Å². The summed E-state index contributed by atoms with van der Waals surface area (Å²) >= 11 is 5.85. The molecule has 0 amide bonds. The number of ether oxygens (including phenoxy) is 1. The van der Waals surface area contributed by atoms with Gasteiger partial charge in [-0.1, -0.05) is 6.07 Å². The number of anilines is 2. The molecule has 0 fully saturated rings. The highest BCUT2D eigenvalue weighted by molar-refractivity contribution is 6.28. The minimum atomic E-state index is 0.0572. The Balaban J connectivity index is 2.37. The summed E-state index contributed by atoms with van der Waals surface area (Å²) in [5, 5.41) is 8.98. The molecule has 1 aromatic carbocycles. The smallest absolute Gasteiger partial charge is 0.322 e. The Morgan fingerprint density at radius 3 is 2.85 bits per heavy atom. The van der Waals surface area contributed by atoms with E-state index in [1.807, 2.05) is 13.0 Å². The van der Waals surface area contributed by atoms with Gasteiger partial charge in [-0.2, -0.15) is 20.2 Å². The van der Waals surface area contributed by atoms with Crippen molar-refractivity contribution in [3.8, 4) is 12.1 Å². The summed E-state index contributed by atoms with van der Waals surface area (Å²) in [6, 6.07) is 9.35. The molecular formula is C13H12ClN5O. The van der Waals surface area contributed by atoms with Crippen LogP contribution in [0.1, 0.15) is 12.5 Å². The molecule has 0 atom stereocenters. The van der Waals surface area contributed by atoms with Crippen molar-refractivity contribution in [3.05, 3.63) is 35.1 Å². The molecular weight excluding hydrogens is 278 g/mol. The first-order chi connectivity index (χ1) is 9.63. The highest BCUT2D eigenvalue weighted by Gasteiger charge is 2.12. The third-order valence-electron chi connectivity index (χ3n) is 2.51. The van der Waals surface area contributed by atoms with Crippen molar-refractivity contribution in [2.45, 2.75) is 6.92 Å². The summed E-state index contributed by atoms with van der Waals surface area (Å²) in [6.45, 7) is 2.27. The molecule has 2 aromatic rings. The molecule has 6 nitrogen and oxygen atoms in total. The quantitative estimate of drug-likeness (QED) is 0.861. The molecule has 1 aromatic heterocycles. The average molecular weight is 290 g/mol. The molecule has 0 bridgehead atoms. The number of nitrogens with zero attached hydrogens (tertiary/aromatic N) is 5. The Hall–Kier alpha value is -2.39. The average Bonchev–Trinajstić information content (AvgIpc) is 2.46. The van der Waals surface area contributed by atoms with Crippen molar-refractivity contribution in [3.63, 3.8) is 0 Å². The lowest BCUT2D eigenvalue weighted by atomic mass is 10.2. The Morgan fingerprint density at radius 1 is 1.35 bits per heavy atom. The van der Waals surface area contributed by atoms with E-state index in [1.165, 1.54) is 0 Å². The molecule has 0 unspecified atom stereocenters. The van der Waals surface area contributed by atoms with Gasteiger partial charge in [-0.25, -0.2) is 0 Å². The highest BCUT2D eigenvalue weighted by atomic mass is 35.5. The molecule has 0 aliphatic carbocycles. The summed E-state index contributed by atoms with van der Waals surface area (Å²) in [6.07, 6.45) is 0. The fraction of sp³-hybridized carbons (Fsp3) is 0.231. The van der Waals surface area contributed by atoms with Crippen LogP contribution >= 0.6 is 11.6 Å². The topological polar surface area (TPSA) is 74.9 Å². The van der Waals surface area contributed by atoms with Crippen LogP contribution in [-0.4, -0.2) is 28.6 Å². The number of aromatic nitrogens is 3. The van der Waals surface area contributed by atoms with E-state index in [9.17, 15) is 0 Å². The lowest BCUT2D eigenvalue weighted by molar-refractivity contribution is 0.311. The molecule has 1 heterocycles. The molecule has 102 valence electrons. The second kappa shape index (κ2) is 6.17. The van der Waals surface area contributed by atoms with E-state index in [0.29, 0.717) is 18.1 Å². The largest absolute Gasteiger partial charge is 0.464 e. The zero-order chi connectivity index (χ0) is 14.5. The van der Waals surface area contributed by atoms with Gasteiger partial charge in [0.25, 0.3) is 0 Å². The number of benzene rings is 1. The fourth-order valence-electron chi connectivity index (χ4n) is 1.57. The van der Waals surface area contributed by atoms with Gasteiger partial charge in [0.15, 0.2) is 0 Å². The summed E-state index contributed by atoms with van der Waals surface area (Å²) in [5.74, 6) is 0.350. The molecule has 20 heavy (non-hydrogen) atoms. The van der Waals surface area contributed by atoms with Crippen molar-refractivity contribution in [1.29, 1.82) is 5.26 Å². The van der Waals surface area contributed by atoms with E-state index >= 15 is 0 Å². The van der Waals surface area contributed by atoms with Gasteiger partial charge in [0.1, 0.15) is 0 Å². The van der Waals surface area contributed by atoms with Gasteiger partial charge in [-0.05, 0) is 36.7 Å². The first-order valence-electron chi connectivity index (χ1n) is 5.92. The summed E-state index contributed by atoms with van der Waals surface area (Å²) in [5.41, 5.74) is 1.33. The predicted octanol–water partition coefficient (Wildman–Crippen LogP) is 2.56. The molecule has 0 aliphatic heterocycles. The Kier molecular flexibility index (Phi) is 4.33. The van der Waals surface area contributed by atoms with E-state index < -0.39 is 0 Å². The SMILES string of the molecule is CCOc1nc(Cl)nc(N(C)c2cccc(C#N)c2)n1. The first kappa shape index (κ1) is 14.0. The highest BCUT2D eigenvalue weighted by Crippen LogP contribution is 2.23. The van der Waals surface area contributed by atoms with Gasteiger partial charge < -0.3 is 9.64 Å². The van der Waals surface area contributed by atoms with Gasteiger partial charge in [-0.15, -0.1) is 0 Å².